The predicted octanol–water partition coefficient (Wildman–Crippen LogP) is -1.80. The number of aromatic amines is 1. The highest BCUT2D eigenvalue weighted by Crippen LogP contribution is 2.19. The van der Waals surface area contributed by atoms with Crippen LogP contribution in [0, 0.1) is 0 Å². The third kappa shape index (κ3) is 8.77. The summed E-state index contributed by atoms with van der Waals surface area (Å²) in [6, 6.07) is 2.00. The van der Waals surface area contributed by atoms with E-state index in [2.05, 4.69) is 20.9 Å². The van der Waals surface area contributed by atoms with Gasteiger partial charge in [-0.05, 0) is 30.1 Å². The number of fused-ring (bicyclic) bond motifs is 1. The first-order valence-electron chi connectivity index (χ1n) is 11.4. The lowest BCUT2D eigenvalue weighted by Crippen LogP contribution is -2.58. The number of aliphatic carboxylic acids is 1. The Morgan fingerprint density at radius 2 is 1.62 bits per heavy atom. The Bertz CT molecular complexity index is 1120. The molecule has 0 aliphatic heterocycles. The summed E-state index contributed by atoms with van der Waals surface area (Å²) in [7, 11) is 0. The predicted molar refractivity (Wildman–Crippen MR) is 137 cm³/mol. The third-order valence-electron chi connectivity index (χ3n) is 5.53. The van der Waals surface area contributed by atoms with Crippen molar-refractivity contribution in [3.8, 4) is 0 Å². The van der Waals surface area contributed by atoms with Gasteiger partial charge < -0.3 is 42.6 Å². The number of hydrogen-bond donors (Lipinski definition) is 8. The van der Waals surface area contributed by atoms with Gasteiger partial charge in [-0.15, -0.1) is 0 Å². The van der Waals surface area contributed by atoms with Crippen LogP contribution < -0.4 is 27.4 Å². The highest BCUT2D eigenvalue weighted by atomic mass is 32.2. The minimum Gasteiger partial charge on any atom is -0.480 e. The number of carbonyl (C=O) groups is 5. The molecule has 14 heteroatoms. The van der Waals surface area contributed by atoms with Crippen molar-refractivity contribution in [3.63, 3.8) is 0 Å². The maximum absolute atomic E-state index is 13.2. The number of aliphatic hydroxyl groups is 1. The topological polar surface area (TPSA) is 230 Å². The van der Waals surface area contributed by atoms with Gasteiger partial charge in [0.05, 0.1) is 13.0 Å². The lowest BCUT2D eigenvalue weighted by molar-refractivity contribution is -0.142. The van der Waals surface area contributed by atoms with Crippen LogP contribution in [-0.4, -0.2) is 87.6 Å². The summed E-state index contributed by atoms with van der Waals surface area (Å²) in [6.45, 7) is -0.660. The Morgan fingerprint density at radius 1 is 1.00 bits per heavy atom. The van der Waals surface area contributed by atoms with Crippen molar-refractivity contribution < 1.29 is 34.2 Å². The van der Waals surface area contributed by atoms with Gasteiger partial charge in [0, 0.05) is 23.5 Å². The van der Waals surface area contributed by atoms with Gasteiger partial charge in [-0.25, -0.2) is 4.79 Å². The molecule has 0 spiro atoms. The quantitative estimate of drug-likeness (QED) is 0.128. The Kier molecular flexibility index (Phi) is 11.4. The number of H-pyrrole nitrogens is 1. The maximum atomic E-state index is 13.2. The van der Waals surface area contributed by atoms with E-state index in [0.717, 1.165) is 10.9 Å². The zero-order valence-corrected chi connectivity index (χ0v) is 21.0. The Morgan fingerprint density at radius 3 is 2.24 bits per heavy atom. The molecular weight excluding hydrogens is 504 g/mol. The van der Waals surface area contributed by atoms with Crippen molar-refractivity contribution in [2.75, 3.05) is 18.6 Å². The number of nitrogens with one attached hydrogen (secondary N) is 4. The first-order chi connectivity index (χ1) is 17.6. The largest absolute Gasteiger partial charge is 0.480 e. The molecule has 0 bridgehead atoms. The molecule has 2 rings (SSSR count). The number of hydrogen-bond acceptors (Lipinski definition) is 8. The first kappa shape index (κ1) is 29.6. The molecule has 13 nitrogen and oxygen atoms in total. The molecule has 0 saturated carbocycles. The molecule has 1 heterocycles. The highest BCUT2D eigenvalue weighted by Gasteiger charge is 2.31. The van der Waals surface area contributed by atoms with Gasteiger partial charge in [0.25, 0.3) is 0 Å². The average Bonchev–Trinajstić information content (AvgIpc) is 3.27. The fourth-order valence-corrected chi connectivity index (χ4v) is 4.01. The van der Waals surface area contributed by atoms with E-state index in [-0.39, 0.29) is 12.8 Å². The van der Waals surface area contributed by atoms with Gasteiger partial charge in [-0.3, -0.25) is 19.2 Å². The number of para-hydroxylation sites is 1. The summed E-state index contributed by atoms with van der Waals surface area (Å²) in [5.41, 5.74) is 12.3. The number of amides is 4. The molecule has 2 aromatic rings. The minimum atomic E-state index is -1.49. The molecule has 10 N–H and O–H groups in total. The van der Waals surface area contributed by atoms with Crippen molar-refractivity contribution in [2.45, 2.75) is 43.4 Å². The molecule has 4 atom stereocenters. The second kappa shape index (κ2) is 14.2. The van der Waals surface area contributed by atoms with Crippen LogP contribution in [-0.2, 0) is 30.4 Å². The van der Waals surface area contributed by atoms with Crippen molar-refractivity contribution in [2.24, 2.45) is 11.5 Å². The summed E-state index contributed by atoms with van der Waals surface area (Å²) < 4.78 is 0. The van der Waals surface area contributed by atoms with Gasteiger partial charge in [-0.1, -0.05) is 18.2 Å². The Balaban J connectivity index is 2.27. The van der Waals surface area contributed by atoms with E-state index < -0.39 is 66.8 Å². The van der Waals surface area contributed by atoms with Crippen LogP contribution in [0.4, 0.5) is 0 Å². The lowest BCUT2D eigenvalue weighted by atomic mass is 10.0. The molecular formula is C23H32N6O7S. The summed E-state index contributed by atoms with van der Waals surface area (Å²) in [6.07, 6.45) is 2.95. The molecule has 0 saturated heterocycles. The van der Waals surface area contributed by atoms with Crippen LogP contribution in [0.25, 0.3) is 10.9 Å². The number of carboxylic acid groups (broad SMARTS) is 1. The van der Waals surface area contributed by atoms with Gasteiger partial charge >= 0.3 is 5.97 Å². The number of carbonyl (C=O) groups excluding carboxylic acids is 4. The normalized spacial score (nSPS) is 14.2. The molecule has 202 valence electrons. The van der Waals surface area contributed by atoms with Gasteiger partial charge in [0.1, 0.15) is 24.2 Å². The Hall–Kier alpha value is -3.62. The monoisotopic (exact) mass is 536 g/mol. The smallest absolute Gasteiger partial charge is 0.326 e. The molecule has 4 amide bonds. The van der Waals surface area contributed by atoms with E-state index in [4.69, 9.17) is 11.5 Å². The van der Waals surface area contributed by atoms with Crippen molar-refractivity contribution in [1.29, 1.82) is 0 Å². The van der Waals surface area contributed by atoms with Gasteiger partial charge in [0.2, 0.25) is 23.6 Å². The summed E-state index contributed by atoms with van der Waals surface area (Å²) in [5, 5.41) is 26.6. The number of aliphatic hydroxyl groups excluding tert-OH is 1. The maximum Gasteiger partial charge on any atom is 0.326 e. The second-order valence-corrected chi connectivity index (χ2v) is 9.31. The number of carboxylic acids is 1. The first-order valence-corrected chi connectivity index (χ1v) is 12.8. The SMILES string of the molecule is CSCC[C@H](NC(=O)[C@H](CC(N)=O)NC(=O)[C@H](Cc1c[nH]c2ccccc12)NC(=O)[C@@H](N)CO)C(=O)O. The fourth-order valence-electron chi connectivity index (χ4n) is 3.54. The number of rotatable bonds is 15. The Labute approximate surface area is 217 Å². The summed E-state index contributed by atoms with van der Waals surface area (Å²) in [4.78, 5) is 64.7. The van der Waals surface area contributed by atoms with Crippen molar-refractivity contribution >= 4 is 52.3 Å². The lowest BCUT2D eigenvalue weighted by Gasteiger charge is -2.24. The number of nitrogens with two attached hydrogens (primary N) is 2. The fraction of sp³-hybridized carbons (Fsp3) is 0.435. The second-order valence-electron chi connectivity index (χ2n) is 8.33. The van der Waals surface area contributed by atoms with E-state index >= 15 is 0 Å². The van der Waals surface area contributed by atoms with Crippen LogP contribution >= 0.6 is 11.8 Å². The third-order valence-corrected chi connectivity index (χ3v) is 6.17. The van der Waals surface area contributed by atoms with E-state index in [0.29, 0.717) is 11.3 Å². The van der Waals surface area contributed by atoms with Crippen LogP contribution in [0.5, 0.6) is 0 Å². The number of benzene rings is 1. The molecule has 0 unspecified atom stereocenters. The van der Waals surface area contributed by atoms with Gasteiger partial charge in [-0.2, -0.15) is 11.8 Å². The van der Waals surface area contributed by atoms with Crippen LogP contribution in [0.1, 0.15) is 18.4 Å². The highest BCUT2D eigenvalue weighted by molar-refractivity contribution is 7.98. The number of thioether (sulfide) groups is 1. The zero-order valence-electron chi connectivity index (χ0n) is 20.2. The number of primary amides is 1. The minimum absolute atomic E-state index is 0.0177. The molecule has 1 aromatic heterocycles. The standard InChI is InChI=1S/C23H32N6O7S/c1-37-7-6-16(23(35)36)27-22(34)18(9-19(25)31)29-21(33)17(28-20(32)14(24)11-30)8-12-10-26-15-5-3-2-4-13(12)15/h2-5,10,14,16-18,26,30H,6-9,11,24H2,1H3,(H2,25,31)(H,27,34)(H,28,32)(H,29,33)(H,35,36)/t14-,16-,17-,18-/m0/s1. The van der Waals surface area contributed by atoms with Crippen LogP contribution in [0.15, 0.2) is 30.5 Å². The van der Waals surface area contributed by atoms with Crippen LogP contribution in [0.2, 0.25) is 0 Å². The summed E-state index contributed by atoms with van der Waals surface area (Å²) >= 11 is 1.39. The summed E-state index contributed by atoms with van der Waals surface area (Å²) in [5.74, 6) is -4.27. The molecule has 0 aliphatic carbocycles. The van der Waals surface area contributed by atoms with E-state index in [9.17, 15) is 34.2 Å². The average molecular weight is 537 g/mol. The number of aromatic nitrogens is 1. The molecule has 0 radical (unpaired) electrons. The van der Waals surface area contributed by atoms with Gasteiger partial charge in [0.15, 0.2) is 0 Å². The van der Waals surface area contributed by atoms with Crippen molar-refractivity contribution in [3.05, 3.63) is 36.0 Å². The van der Waals surface area contributed by atoms with E-state index in [1.807, 2.05) is 18.2 Å². The van der Waals surface area contributed by atoms with Crippen LogP contribution in [0.3, 0.4) is 0 Å². The van der Waals surface area contributed by atoms with Crippen molar-refractivity contribution in [1.82, 2.24) is 20.9 Å². The molecule has 0 aliphatic rings. The zero-order chi connectivity index (χ0) is 27.5. The van der Waals surface area contributed by atoms with E-state index in [1.54, 1.807) is 18.5 Å². The molecule has 0 fully saturated rings. The molecule has 37 heavy (non-hydrogen) atoms. The molecule has 1 aromatic carbocycles. The van der Waals surface area contributed by atoms with E-state index in [1.165, 1.54) is 11.8 Å².